The molecule has 0 N–H and O–H groups in total. The molecule has 0 spiro atoms. The van der Waals surface area contributed by atoms with Gasteiger partial charge in [0.2, 0.25) is 0 Å². The van der Waals surface area contributed by atoms with Crippen molar-refractivity contribution < 1.29 is 13.2 Å². The van der Waals surface area contributed by atoms with Gasteiger partial charge in [0.05, 0.1) is 22.9 Å². The van der Waals surface area contributed by atoms with Gasteiger partial charge in [-0.2, -0.15) is 0 Å². The van der Waals surface area contributed by atoms with Crippen molar-refractivity contribution in [1.29, 1.82) is 0 Å². The summed E-state index contributed by atoms with van der Waals surface area (Å²) < 4.78 is 31.1. The number of ether oxygens (including phenoxy) is 1. The zero-order valence-corrected chi connectivity index (χ0v) is 14.1. The summed E-state index contributed by atoms with van der Waals surface area (Å²) in [5, 5.41) is 0. The van der Waals surface area contributed by atoms with Crippen LogP contribution in [0.15, 0.2) is 29.2 Å². The van der Waals surface area contributed by atoms with Gasteiger partial charge in [0, 0.05) is 0 Å². The molecule has 3 nitrogen and oxygen atoms in total. The Morgan fingerprint density at radius 2 is 1.68 bits per heavy atom. The van der Waals surface area contributed by atoms with Gasteiger partial charge in [0.1, 0.15) is 0 Å². The van der Waals surface area contributed by atoms with Gasteiger partial charge in [-0.25, -0.2) is 8.42 Å². The molecule has 0 radical (unpaired) electrons. The first kappa shape index (κ1) is 16.0. The molecule has 3 rings (SSSR count). The third-order valence-electron chi connectivity index (χ3n) is 5.10. The van der Waals surface area contributed by atoms with Crippen LogP contribution in [0.25, 0.3) is 0 Å². The standard InChI is InChI=1S/C18H26O3S/c1-14-7-10-17(11-8-14)22(19,20)13-16-9-12-18(21-16)15-5-3-2-4-6-15/h7-8,10-11,15-16,18H,2-6,9,12-13H2,1H3. The topological polar surface area (TPSA) is 43.4 Å². The smallest absolute Gasteiger partial charge is 0.180 e. The summed E-state index contributed by atoms with van der Waals surface area (Å²) in [7, 11) is -3.24. The lowest BCUT2D eigenvalue weighted by molar-refractivity contribution is 0.00970. The molecule has 1 aromatic rings. The average Bonchev–Trinajstić information content (AvgIpc) is 2.96. The van der Waals surface area contributed by atoms with Crippen molar-refractivity contribution in [1.82, 2.24) is 0 Å². The molecule has 2 atom stereocenters. The lowest BCUT2D eigenvalue weighted by atomic mass is 9.84. The van der Waals surface area contributed by atoms with Crippen molar-refractivity contribution >= 4 is 9.84 Å². The Hall–Kier alpha value is -0.870. The largest absolute Gasteiger partial charge is 0.374 e. The number of hydrogen-bond donors (Lipinski definition) is 0. The van der Waals surface area contributed by atoms with Crippen LogP contribution in [0.2, 0.25) is 0 Å². The lowest BCUT2D eigenvalue weighted by Gasteiger charge is -2.27. The summed E-state index contributed by atoms with van der Waals surface area (Å²) in [5.74, 6) is 0.778. The molecule has 122 valence electrons. The van der Waals surface area contributed by atoms with Crippen molar-refractivity contribution in [3.63, 3.8) is 0 Å². The number of aryl methyl sites for hydroxylation is 1. The highest BCUT2D eigenvalue weighted by molar-refractivity contribution is 7.91. The van der Waals surface area contributed by atoms with Crippen LogP contribution in [0.4, 0.5) is 0 Å². The Labute approximate surface area is 134 Å². The Morgan fingerprint density at radius 3 is 2.36 bits per heavy atom. The SMILES string of the molecule is Cc1ccc(S(=O)(=O)CC2CCC(C3CCCCC3)O2)cc1. The summed E-state index contributed by atoms with van der Waals surface area (Å²) in [4.78, 5) is 0.419. The molecule has 1 saturated carbocycles. The fourth-order valence-electron chi connectivity index (χ4n) is 3.80. The van der Waals surface area contributed by atoms with E-state index in [1.165, 1.54) is 32.1 Å². The van der Waals surface area contributed by atoms with Gasteiger partial charge in [-0.3, -0.25) is 0 Å². The fourth-order valence-corrected chi connectivity index (χ4v) is 5.27. The molecule has 1 aliphatic carbocycles. The minimum atomic E-state index is -3.24. The van der Waals surface area contributed by atoms with E-state index < -0.39 is 9.84 Å². The van der Waals surface area contributed by atoms with Crippen molar-refractivity contribution in [3.05, 3.63) is 29.8 Å². The van der Waals surface area contributed by atoms with Crippen LogP contribution in [-0.2, 0) is 14.6 Å². The molecule has 2 aliphatic rings. The maximum atomic E-state index is 12.5. The van der Waals surface area contributed by atoms with Gasteiger partial charge in [0.25, 0.3) is 0 Å². The first-order valence-electron chi connectivity index (χ1n) is 8.49. The molecule has 0 amide bonds. The molecule has 1 aromatic carbocycles. The zero-order chi connectivity index (χ0) is 15.6. The van der Waals surface area contributed by atoms with Crippen LogP contribution in [0, 0.1) is 12.8 Å². The quantitative estimate of drug-likeness (QED) is 0.844. The minimum Gasteiger partial charge on any atom is -0.374 e. The second-order valence-electron chi connectivity index (χ2n) is 6.87. The van der Waals surface area contributed by atoms with Gasteiger partial charge in [-0.15, -0.1) is 0 Å². The Morgan fingerprint density at radius 1 is 1.00 bits per heavy atom. The summed E-state index contributed by atoms with van der Waals surface area (Å²) in [5.41, 5.74) is 1.08. The number of sulfone groups is 1. The van der Waals surface area contributed by atoms with E-state index in [0.29, 0.717) is 16.9 Å². The predicted molar refractivity (Wildman–Crippen MR) is 87.7 cm³/mol. The summed E-state index contributed by atoms with van der Waals surface area (Å²) >= 11 is 0. The van der Waals surface area contributed by atoms with Crippen LogP contribution in [-0.4, -0.2) is 26.4 Å². The highest BCUT2D eigenvalue weighted by Gasteiger charge is 2.34. The van der Waals surface area contributed by atoms with E-state index in [9.17, 15) is 8.42 Å². The van der Waals surface area contributed by atoms with E-state index in [1.54, 1.807) is 12.1 Å². The molecular formula is C18H26O3S. The van der Waals surface area contributed by atoms with Crippen LogP contribution in [0.1, 0.15) is 50.5 Å². The van der Waals surface area contributed by atoms with Crippen molar-refractivity contribution in [2.75, 3.05) is 5.75 Å². The van der Waals surface area contributed by atoms with E-state index in [0.717, 1.165) is 18.4 Å². The number of benzene rings is 1. The molecule has 1 heterocycles. The van der Waals surface area contributed by atoms with Crippen molar-refractivity contribution in [2.24, 2.45) is 5.92 Å². The summed E-state index contributed by atoms with van der Waals surface area (Å²) in [6, 6.07) is 7.12. The fraction of sp³-hybridized carbons (Fsp3) is 0.667. The highest BCUT2D eigenvalue weighted by Crippen LogP contribution is 2.35. The van der Waals surface area contributed by atoms with Crippen LogP contribution in [0.3, 0.4) is 0 Å². The third kappa shape index (κ3) is 3.72. The Bertz CT molecular complexity index is 585. The van der Waals surface area contributed by atoms with Crippen molar-refractivity contribution in [3.8, 4) is 0 Å². The zero-order valence-electron chi connectivity index (χ0n) is 13.3. The molecular weight excluding hydrogens is 296 g/mol. The summed E-state index contributed by atoms with van der Waals surface area (Å²) in [6.45, 7) is 1.96. The van der Waals surface area contributed by atoms with Crippen LogP contribution < -0.4 is 0 Å². The first-order valence-corrected chi connectivity index (χ1v) is 10.1. The van der Waals surface area contributed by atoms with E-state index in [2.05, 4.69) is 0 Å². The number of hydrogen-bond acceptors (Lipinski definition) is 3. The van der Waals surface area contributed by atoms with Crippen LogP contribution in [0.5, 0.6) is 0 Å². The molecule has 1 aliphatic heterocycles. The molecule has 2 unspecified atom stereocenters. The van der Waals surface area contributed by atoms with Crippen LogP contribution >= 0.6 is 0 Å². The summed E-state index contributed by atoms with van der Waals surface area (Å²) in [6.07, 6.45) is 8.52. The second kappa shape index (κ2) is 6.71. The van der Waals surface area contributed by atoms with Gasteiger partial charge < -0.3 is 4.74 Å². The number of rotatable bonds is 4. The molecule has 22 heavy (non-hydrogen) atoms. The minimum absolute atomic E-state index is 0.124. The van der Waals surface area contributed by atoms with Gasteiger partial charge in [-0.05, 0) is 50.7 Å². The van der Waals surface area contributed by atoms with E-state index in [-0.39, 0.29) is 11.9 Å². The van der Waals surface area contributed by atoms with Crippen molar-refractivity contribution in [2.45, 2.75) is 69.0 Å². The van der Waals surface area contributed by atoms with Gasteiger partial charge in [0.15, 0.2) is 9.84 Å². The molecule has 1 saturated heterocycles. The second-order valence-corrected chi connectivity index (χ2v) is 8.90. The third-order valence-corrected chi connectivity index (χ3v) is 6.90. The maximum absolute atomic E-state index is 12.5. The maximum Gasteiger partial charge on any atom is 0.180 e. The lowest BCUT2D eigenvalue weighted by Crippen LogP contribution is -2.26. The predicted octanol–water partition coefficient (Wildman–Crippen LogP) is 3.90. The Balaban J connectivity index is 1.60. The van der Waals surface area contributed by atoms with E-state index in [4.69, 9.17) is 4.74 Å². The molecule has 0 aromatic heterocycles. The monoisotopic (exact) mass is 322 g/mol. The van der Waals surface area contributed by atoms with Gasteiger partial charge >= 0.3 is 0 Å². The van der Waals surface area contributed by atoms with E-state index in [1.807, 2.05) is 19.1 Å². The molecule has 0 bridgehead atoms. The highest BCUT2D eigenvalue weighted by atomic mass is 32.2. The van der Waals surface area contributed by atoms with E-state index >= 15 is 0 Å². The Kier molecular flexibility index (Phi) is 4.88. The normalized spacial score (nSPS) is 27.1. The average molecular weight is 322 g/mol. The first-order chi connectivity index (χ1) is 10.5. The molecule has 4 heteroatoms. The van der Waals surface area contributed by atoms with Gasteiger partial charge in [-0.1, -0.05) is 37.0 Å². The molecule has 2 fully saturated rings.